The maximum Gasteiger partial charge on any atom is 0.257 e. The molecule has 34 heavy (non-hydrogen) atoms. The Bertz CT molecular complexity index is 1110. The number of morpholine rings is 1. The number of methoxy groups -OCH3 is 1. The lowest BCUT2D eigenvalue weighted by Gasteiger charge is -2.27. The summed E-state index contributed by atoms with van der Waals surface area (Å²) in [5, 5.41) is 0. The average molecular weight is 493 g/mol. The Hall–Kier alpha value is -2.53. The number of sulfonamides is 1. The summed E-state index contributed by atoms with van der Waals surface area (Å²) < 4.78 is 58.5. The standard InChI is InChI=1S/C24H29FN2O6S/c1-31-19-5-2-4-18(14-19)16-26(17-20-6-3-11-33-20)24(28)22-15-21(7-8-23(22)25)34(29,30)27-9-12-32-13-10-27/h2,4-5,7-8,14-15,20H,3,6,9-13,16-17H2,1H3. The Labute approximate surface area is 199 Å². The van der Waals surface area contributed by atoms with Gasteiger partial charge in [-0.15, -0.1) is 0 Å². The van der Waals surface area contributed by atoms with E-state index in [0.29, 0.717) is 25.6 Å². The highest BCUT2D eigenvalue weighted by Gasteiger charge is 2.30. The van der Waals surface area contributed by atoms with E-state index < -0.39 is 21.7 Å². The largest absolute Gasteiger partial charge is 0.497 e. The second kappa shape index (κ2) is 10.8. The van der Waals surface area contributed by atoms with Gasteiger partial charge in [-0.05, 0) is 48.7 Å². The molecule has 2 aliphatic rings. The number of halogens is 1. The van der Waals surface area contributed by atoms with Crippen molar-refractivity contribution >= 4 is 15.9 Å². The Morgan fingerprint density at radius 2 is 1.97 bits per heavy atom. The van der Waals surface area contributed by atoms with E-state index >= 15 is 0 Å². The normalized spacial score (nSPS) is 19.2. The molecule has 0 bridgehead atoms. The highest BCUT2D eigenvalue weighted by Crippen LogP contribution is 2.24. The third-order valence-corrected chi connectivity index (χ3v) is 7.91. The number of rotatable bonds is 8. The third-order valence-electron chi connectivity index (χ3n) is 6.02. The van der Waals surface area contributed by atoms with Gasteiger partial charge in [0.2, 0.25) is 10.0 Å². The molecule has 0 radical (unpaired) electrons. The number of ether oxygens (including phenoxy) is 3. The number of amides is 1. The molecular formula is C24H29FN2O6S. The molecule has 184 valence electrons. The lowest BCUT2D eigenvalue weighted by Crippen LogP contribution is -2.41. The second-order valence-electron chi connectivity index (χ2n) is 8.33. The topological polar surface area (TPSA) is 85.4 Å². The van der Waals surface area contributed by atoms with Crippen molar-refractivity contribution in [2.24, 2.45) is 0 Å². The molecular weight excluding hydrogens is 463 g/mol. The Morgan fingerprint density at radius 1 is 1.18 bits per heavy atom. The van der Waals surface area contributed by atoms with Crippen LogP contribution in [-0.4, -0.2) is 76.2 Å². The number of benzene rings is 2. The lowest BCUT2D eigenvalue weighted by atomic mass is 10.1. The van der Waals surface area contributed by atoms with Crippen LogP contribution in [0.3, 0.4) is 0 Å². The molecule has 2 aromatic rings. The maximum atomic E-state index is 14.9. The number of hydrogen-bond acceptors (Lipinski definition) is 6. The number of nitrogens with zero attached hydrogens (tertiary/aromatic N) is 2. The predicted molar refractivity (Wildman–Crippen MR) is 123 cm³/mol. The molecule has 0 N–H and O–H groups in total. The van der Waals surface area contributed by atoms with Crippen molar-refractivity contribution in [1.82, 2.24) is 9.21 Å². The van der Waals surface area contributed by atoms with E-state index in [4.69, 9.17) is 14.2 Å². The molecule has 1 unspecified atom stereocenters. The van der Waals surface area contributed by atoms with Gasteiger partial charge in [-0.1, -0.05) is 12.1 Å². The minimum Gasteiger partial charge on any atom is -0.497 e. The zero-order valence-corrected chi connectivity index (χ0v) is 19.9. The molecule has 8 nitrogen and oxygen atoms in total. The van der Waals surface area contributed by atoms with Crippen LogP contribution in [0.4, 0.5) is 4.39 Å². The van der Waals surface area contributed by atoms with Crippen LogP contribution in [0.1, 0.15) is 28.8 Å². The van der Waals surface area contributed by atoms with Gasteiger partial charge in [0.05, 0.1) is 36.9 Å². The minimum atomic E-state index is -3.88. The highest BCUT2D eigenvalue weighted by molar-refractivity contribution is 7.89. The van der Waals surface area contributed by atoms with E-state index in [2.05, 4.69) is 0 Å². The monoisotopic (exact) mass is 492 g/mol. The molecule has 1 atom stereocenters. The van der Waals surface area contributed by atoms with Gasteiger partial charge < -0.3 is 19.1 Å². The Morgan fingerprint density at radius 3 is 2.68 bits per heavy atom. The van der Waals surface area contributed by atoms with Crippen molar-refractivity contribution in [2.45, 2.75) is 30.4 Å². The van der Waals surface area contributed by atoms with E-state index in [1.54, 1.807) is 13.2 Å². The Balaban J connectivity index is 1.63. The van der Waals surface area contributed by atoms with Gasteiger partial charge in [0.1, 0.15) is 11.6 Å². The van der Waals surface area contributed by atoms with Gasteiger partial charge in [-0.3, -0.25) is 4.79 Å². The second-order valence-corrected chi connectivity index (χ2v) is 10.3. The Kier molecular flexibility index (Phi) is 7.82. The lowest BCUT2D eigenvalue weighted by molar-refractivity contribution is 0.0503. The molecule has 1 amide bonds. The SMILES string of the molecule is COc1cccc(CN(CC2CCCO2)C(=O)c2cc(S(=O)(=O)N3CCOCC3)ccc2F)c1. The van der Waals surface area contributed by atoms with Gasteiger partial charge in [0, 0.05) is 32.8 Å². The van der Waals surface area contributed by atoms with Crippen molar-refractivity contribution in [3.05, 3.63) is 59.4 Å². The number of hydrogen-bond donors (Lipinski definition) is 0. The molecule has 2 aromatic carbocycles. The summed E-state index contributed by atoms with van der Waals surface area (Å²) in [4.78, 5) is 14.9. The fourth-order valence-electron chi connectivity index (χ4n) is 4.18. The highest BCUT2D eigenvalue weighted by atomic mass is 32.2. The van der Waals surface area contributed by atoms with Crippen molar-refractivity contribution in [3.8, 4) is 5.75 Å². The molecule has 10 heteroatoms. The molecule has 2 saturated heterocycles. The van der Waals surface area contributed by atoms with E-state index in [9.17, 15) is 17.6 Å². The van der Waals surface area contributed by atoms with Crippen molar-refractivity contribution < 1.29 is 31.8 Å². The summed E-state index contributed by atoms with van der Waals surface area (Å²) in [5.41, 5.74) is 0.526. The molecule has 0 aromatic heterocycles. The van der Waals surface area contributed by atoms with Gasteiger partial charge in [0.15, 0.2) is 0 Å². The van der Waals surface area contributed by atoms with Gasteiger partial charge in [-0.25, -0.2) is 12.8 Å². The fourth-order valence-corrected chi connectivity index (χ4v) is 5.61. The van der Waals surface area contributed by atoms with E-state index in [1.807, 2.05) is 18.2 Å². The molecule has 0 saturated carbocycles. The van der Waals surface area contributed by atoms with Crippen molar-refractivity contribution in [2.75, 3.05) is 46.6 Å². The number of carbonyl (C=O) groups excluding carboxylic acids is 1. The van der Waals surface area contributed by atoms with E-state index in [1.165, 1.54) is 15.3 Å². The quantitative estimate of drug-likeness (QED) is 0.563. The van der Waals surface area contributed by atoms with E-state index in [0.717, 1.165) is 30.5 Å². The van der Waals surface area contributed by atoms with Crippen LogP contribution in [0.2, 0.25) is 0 Å². The minimum absolute atomic E-state index is 0.113. The summed E-state index contributed by atoms with van der Waals surface area (Å²) in [6.07, 6.45) is 1.54. The van der Waals surface area contributed by atoms with Crippen molar-refractivity contribution in [1.29, 1.82) is 0 Å². The molecule has 0 spiro atoms. The molecule has 4 rings (SSSR count). The van der Waals surface area contributed by atoms with Gasteiger partial charge >= 0.3 is 0 Å². The molecule has 2 fully saturated rings. The predicted octanol–water partition coefficient (Wildman–Crippen LogP) is 2.68. The zero-order chi connectivity index (χ0) is 24.1. The zero-order valence-electron chi connectivity index (χ0n) is 19.1. The average Bonchev–Trinajstić information content (AvgIpc) is 3.37. The van der Waals surface area contributed by atoms with Gasteiger partial charge in [-0.2, -0.15) is 4.31 Å². The van der Waals surface area contributed by atoms with Crippen LogP contribution in [0.25, 0.3) is 0 Å². The summed E-state index contributed by atoms with van der Waals surface area (Å²) in [7, 11) is -2.32. The summed E-state index contributed by atoms with van der Waals surface area (Å²) >= 11 is 0. The molecule has 2 aliphatic heterocycles. The summed E-state index contributed by atoms with van der Waals surface area (Å²) in [6.45, 7) is 2.11. The van der Waals surface area contributed by atoms with Crippen LogP contribution in [-0.2, 0) is 26.0 Å². The van der Waals surface area contributed by atoms with Crippen LogP contribution in [0, 0.1) is 5.82 Å². The van der Waals surface area contributed by atoms with Crippen molar-refractivity contribution in [3.63, 3.8) is 0 Å². The van der Waals surface area contributed by atoms with Crippen LogP contribution >= 0.6 is 0 Å². The van der Waals surface area contributed by atoms with Crippen LogP contribution < -0.4 is 4.74 Å². The smallest absolute Gasteiger partial charge is 0.257 e. The third kappa shape index (κ3) is 5.57. The molecule has 0 aliphatic carbocycles. The fraction of sp³-hybridized carbons (Fsp3) is 0.458. The first-order valence-corrected chi connectivity index (χ1v) is 12.7. The summed E-state index contributed by atoms with van der Waals surface area (Å²) in [5.74, 6) is -0.712. The van der Waals surface area contributed by atoms with Gasteiger partial charge in [0.25, 0.3) is 5.91 Å². The van der Waals surface area contributed by atoms with Crippen LogP contribution in [0.5, 0.6) is 5.75 Å². The first-order valence-electron chi connectivity index (χ1n) is 11.3. The van der Waals surface area contributed by atoms with Crippen LogP contribution in [0.15, 0.2) is 47.4 Å². The first-order chi connectivity index (χ1) is 16.4. The first kappa shape index (κ1) is 24.6. The number of carbonyl (C=O) groups is 1. The summed E-state index contributed by atoms with van der Waals surface area (Å²) in [6, 6.07) is 10.7. The van der Waals surface area contributed by atoms with E-state index in [-0.39, 0.29) is 42.7 Å². The maximum absolute atomic E-state index is 14.9. The molecule has 2 heterocycles.